The van der Waals surface area contributed by atoms with E-state index in [0.29, 0.717) is 19.5 Å². The second-order valence-corrected chi connectivity index (χ2v) is 6.10. The van der Waals surface area contributed by atoms with Crippen molar-refractivity contribution >= 4 is 6.03 Å². The van der Waals surface area contributed by atoms with Gasteiger partial charge in [-0.1, -0.05) is 36.4 Å². The van der Waals surface area contributed by atoms with Gasteiger partial charge in [0.2, 0.25) is 0 Å². The molecule has 5 nitrogen and oxygen atoms in total. The van der Waals surface area contributed by atoms with E-state index in [0.717, 1.165) is 11.1 Å². The molecule has 24 heavy (non-hydrogen) atoms. The van der Waals surface area contributed by atoms with E-state index in [1.165, 1.54) is 0 Å². The fourth-order valence-electron chi connectivity index (χ4n) is 2.66. The van der Waals surface area contributed by atoms with Crippen LogP contribution in [-0.2, 0) is 6.54 Å². The largest absolute Gasteiger partial charge is 0.393 e. The third kappa shape index (κ3) is 5.66. The van der Waals surface area contributed by atoms with Crippen LogP contribution in [0.5, 0.6) is 0 Å². The quantitative estimate of drug-likeness (QED) is 0.822. The van der Waals surface area contributed by atoms with Gasteiger partial charge in [-0.05, 0) is 30.5 Å². The second-order valence-electron chi connectivity index (χ2n) is 6.10. The number of benzene rings is 1. The molecule has 0 radical (unpaired) electrons. The van der Waals surface area contributed by atoms with E-state index in [-0.39, 0.29) is 11.9 Å². The van der Waals surface area contributed by atoms with Gasteiger partial charge in [0.15, 0.2) is 0 Å². The molecule has 0 fully saturated rings. The number of hydrogen-bond acceptors (Lipinski definition) is 3. The maximum atomic E-state index is 12.3. The Bertz CT molecular complexity index is 617. The van der Waals surface area contributed by atoms with Crippen molar-refractivity contribution < 1.29 is 9.90 Å². The van der Waals surface area contributed by atoms with Crippen molar-refractivity contribution in [3.63, 3.8) is 0 Å². The molecule has 1 aromatic heterocycles. The molecule has 0 aliphatic heterocycles. The average molecular weight is 327 g/mol. The first-order chi connectivity index (χ1) is 11.6. The van der Waals surface area contributed by atoms with E-state index in [2.05, 4.69) is 10.3 Å². The zero-order chi connectivity index (χ0) is 17.4. The van der Waals surface area contributed by atoms with Crippen LogP contribution < -0.4 is 5.32 Å². The minimum atomic E-state index is -0.416. The van der Waals surface area contributed by atoms with Gasteiger partial charge < -0.3 is 15.3 Å². The molecule has 2 amide bonds. The fourth-order valence-corrected chi connectivity index (χ4v) is 2.66. The summed E-state index contributed by atoms with van der Waals surface area (Å²) in [6.45, 7) is 2.77. The third-order valence-corrected chi connectivity index (χ3v) is 3.89. The Hall–Kier alpha value is -2.40. The topological polar surface area (TPSA) is 65.5 Å². The lowest BCUT2D eigenvalue weighted by atomic mass is 9.93. The summed E-state index contributed by atoms with van der Waals surface area (Å²) in [4.78, 5) is 18.0. The zero-order valence-corrected chi connectivity index (χ0v) is 14.2. The SMILES string of the molecule is CC(O)CC(CNC(=O)N(C)Cc1cccnc1)c1ccccc1. The first-order valence-electron chi connectivity index (χ1n) is 8.17. The van der Waals surface area contributed by atoms with Crippen LogP contribution in [0, 0.1) is 0 Å². The number of nitrogens with zero attached hydrogens (tertiary/aromatic N) is 2. The molecule has 2 aromatic rings. The van der Waals surface area contributed by atoms with Gasteiger partial charge in [0.1, 0.15) is 0 Å². The monoisotopic (exact) mass is 327 g/mol. The molecule has 2 rings (SSSR count). The Morgan fingerprint density at radius 3 is 2.62 bits per heavy atom. The molecule has 0 aliphatic rings. The number of nitrogens with one attached hydrogen (secondary N) is 1. The van der Waals surface area contributed by atoms with Crippen molar-refractivity contribution in [1.82, 2.24) is 15.2 Å². The standard InChI is InChI=1S/C19H25N3O2/c1-15(23)11-18(17-8-4-3-5-9-17)13-21-19(24)22(2)14-16-7-6-10-20-12-16/h3-10,12,15,18,23H,11,13-14H2,1-2H3,(H,21,24). The number of hydrogen-bond donors (Lipinski definition) is 2. The van der Waals surface area contributed by atoms with Crippen molar-refractivity contribution in [3.8, 4) is 0 Å². The lowest BCUT2D eigenvalue weighted by molar-refractivity contribution is 0.171. The first-order valence-corrected chi connectivity index (χ1v) is 8.17. The Labute approximate surface area is 143 Å². The number of rotatable bonds is 7. The molecule has 2 N–H and O–H groups in total. The predicted octanol–water partition coefficient (Wildman–Crippen LogP) is 2.78. The molecule has 0 saturated heterocycles. The normalized spacial score (nSPS) is 13.1. The highest BCUT2D eigenvalue weighted by Crippen LogP contribution is 2.20. The summed E-state index contributed by atoms with van der Waals surface area (Å²) >= 11 is 0. The molecular weight excluding hydrogens is 302 g/mol. The molecule has 0 spiro atoms. The van der Waals surface area contributed by atoms with Gasteiger partial charge in [0.05, 0.1) is 6.10 Å². The lowest BCUT2D eigenvalue weighted by Gasteiger charge is -2.23. The van der Waals surface area contributed by atoms with Crippen LogP contribution >= 0.6 is 0 Å². The van der Waals surface area contributed by atoms with Gasteiger partial charge in [-0.3, -0.25) is 4.98 Å². The van der Waals surface area contributed by atoms with E-state index in [4.69, 9.17) is 0 Å². The smallest absolute Gasteiger partial charge is 0.317 e. The van der Waals surface area contributed by atoms with Crippen molar-refractivity contribution in [3.05, 3.63) is 66.0 Å². The first kappa shape index (κ1) is 17.9. The Kier molecular flexibility index (Phi) is 6.75. The summed E-state index contributed by atoms with van der Waals surface area (Å²) in [5.41, 5.74) is 2.10. The summed E-state index contributed by atoms with van der Waals surface area (Å²) in [5.74, 6) is 0.0851. The number of aromatic nitrogens is 1. The summed E-state index contributed by atoms with van der Waals surface area (Å²) in [5, 5.41) is 12.7. The predicted molar refractivity (Wildman–Crippen MR) is 94.6 cm³/mol. The molecule has 0 aliphatic carbocycles. The maximum absolute atomic E-state index is 12.3. The van der Waals surface area contributed by atoms with Crippen molar-refractivity contribution in [1.29, 1.82) is 0 Å². The highest BCUT2D eigenvalue weighted by Gasteiger charge is 2.16. The maximum Gasteiger partial charge on any atom is 0.317 e. The van der Waals surface area contributed by atoms with Crippen LogP contribution in [0.2, 0.25) is 0 Å². The molecule has 5 heteroatoms. The summed E-state index contributed by atoms with van der Waals surface area (Å²) < 4.78 is 0. The molecule has 0 saturated carbocycles. The van der Waals surface area contributed by atoms with Crippen LogP contribution in [-0.4, -0.2) is 40.7 Å². The lowest BCUT2D eigenvalue weighted by Crippen LogP contribution is -2.39. The van der Waals surface area contributed by atoms with Crippen molar-refractivity contribution in [2.75, 3.05) is 13.6 Å². The van der Waals surface area contributed by atoms with E-state index in [1.807, 2.05) is 42.5 Å². The van der Waals surface area contributed by atoms with E-state index in [1.54, 1.807) is 31.3 Å². The molecular formula is C19H25N3O2. The number of urea groups is 1. The van der Waals surface area contributed by atoms with Gasteiger partial charge in [-0.2, -0.15) is 0 Å². The summed E-state index contributed by atoms with van der Waals surface area (Å²) in [7, 11) is 1.76. The number of aliphatic hydroxyl groups is 1. The average Bonchev–Trinajstić information content (AvgIpc) is 2.59. The number of pyridine rings is 1. The summed E-state index contributed by atoms with van der Waals surface area (Å²) in [6, 6.07) is 13.6. The highest BCUT2D eigenvalue weighted by atomic mass is 16.3. The van der Waals surface area contributed by atoms with Gasteiger partial charge in [-0.15, -0.1) is 0 Å². The van der Waals surface area contributed by atoms with Crippen LogP contribution in [0.25, 0.3) is 0 Å². The summed E-state index contributed by atoms with van der Waals surface area (Å²) in [6.07, 6.45) is 3.66. The Balaban J connectivity index is 1.91. The van der Waals surface area contributed by atoms with Crippen LogP contribution in [0.1, 0.15) is 30.4 Å². The molecule has 128 valence electrons. The van der Waals surface area contributed by atoms with Crippen LogP contribution in [0.3, 0.4) is 0 Å². The van der Waals surface area contributed by atoms with E-state index in [9.17, 15) is 9.90 Å². The number of aliphatic hydroxyl groups excluding tert-OH is 1. The molecule has 1 aromatic carbocycles. The minimum Gasteiger partial charge on any atom is -0.393 e. The molecule has 1 heterocycles. The molecule has 2 unspecified atom stereocenters. The van der Waals surface area contributed by atoms with Gasteiger partial charge in [0.25, 0.3) is 0 Å². The number of carbonyl (C=O) groups is 1. The molecule has 2 atom stereocenters. The van der Waals surface area contributed by atoms with Gasteiger partial charge in [0, 0.05) is 38.4 Å². The Morgan fingerprint density at radius 2 is 2.00 bits per heavy atom. The molecule has 0 bridgehead atoms. The van der Waals surface area contributed by atoms with Gasteiger partial charge >= 0.3 is 6.03 Å². The second kappa shape index (κ2) is 9.03. The van der Waals surface area contributed by atoms with Crippen LogP contribution in [0.15, 0.2) is 54.9 Å². The van der Waals surface area contributed by atoms with Gasteiger partial charge in [-0.25, -0.2) is 4.79 Å². The van der Waals surface area contributed by atoms with E-state index >= 15 is 0 Å². The third-order valence-electron chi connectivity index (χ3n) is 3.89. The van der Waals surface area contributed by atoms with Crippen molar-refractivity contribution in [2.24, 2.45) is 0 Å². The highest BCUT2D eigenvalue weighted by molar-refractivity contribution is 5.73. The van der Waals surface area contributed by atoms with E-state index < -0.39 is 6.10 Å². The van der Waals surface area contributed by atoms with Crippen LogP contribution in [0.4, 0.5) is 4.79 Å². The van der Waals surface area contributed by atoms with Crippen molar-refractivity contribution in [2.45, 2.75) is 31.9 Å². The zero-order valence-electron chi connectivity index (χ0n) is 14.2. The minimum absolute atomic E-state index is 0.0851. The Morgan fingerprint density at radius 1 is 1.25 bits per heavy atom. The number of amides is 2. The fraction of sp³-hybridized carbons (Fsp3) is 0.368. The number of carbonyl (C=O) groups excluding carboxylic acids is 1.